The lowest BCUT2D eigenvalue weighted by Crippen LogP contribution is -2.50. The molecule has 2 heterocycles. The molecule has 1 saturated heterocycles. The molecule has 1 amide bonds. The molecule has 0 atom stereocenters. The number of rotatable bonds is 5. The maximum absolute atomic E-state index is 12.3. The SMILES string of the molecule is O=C(Cc1ccc(Cl)c(Cl)c1)OCC(=O)N1CCN(c2ccccn2)CC1. The summed E-state index contributed by atoms with van der Waals surface area (Å²) in [4.78, 5) is 32.4. The summed E-state index contributed by atoms with van der Waals surface area (Å²) in [5, 5.41) is 0.803. The van der Waals surface area contributed by atoms with Crippen LogP contribution in [0.1, 0.15) is 5.56 Å². The van der Waals surface area contributed by atoms with Crippen molar-refractivity contribution in [1.29, 1.82) is 0 Å². The van der Waals surface area contributed by atoms with Crippen LogP contribution >= 0.6 is 23.2 Å². The van der Waals surface area contributed by atoms with Crippen molar-refractivity contribution in [3.05, 3.63) is 58.2 Å². The van der Waals surface area contributed by atoms with E-state index in [-0.39, 0.29) is 18.9 Å². The van der Waals surface area contributed by atoms with Gasteiger partial charge in [0.2, 0.25) is 0 Å². The van der Waals surface area contributed by atoms with Crippen molar-refractivity contribution in [2.24, 2.45) is 0 Å². The van der Waals surface area contributed by atoms with Crippen molar-refractivity contribution in [3.63, 3.8) is 0 Å². The highest BCUT2D eigenvalue weighted by Crippen LogP contribution is 2.22. The predicted molar refractivity (Wildman–Crippen MR) is 104 cm³/mol. The van der Waals surface area contributed by atoms with Gasteiger partial charge in [-0.1, -0.05) is 35.3 Å². The van der Waals surface area contributed by atoms with E-state index in [4.69, 9.17) is 27.9 Å². The molecule has 2 aromatic rings. The Bertz CT molecular complexity index is 809. The highest BCUT2D eigenvalue weighted by Gasteiger charge is 2.22. The average Bonchev–Trinajstić information content (AvgIpc) is 2.70. The maximum Gasteiger partial charge on any atom is 0.310 e. The molecular weight excluding hydrogens is 389 g/mol. The van der Waals surface area contributed by atoms with Crippen LogP contribution in [-0.4, -0.2) is 54.5 Å². The van der Waals surface area contributed by atoms with Crippen LogP contribution in [0.25, 0.3) is 0 Å². The lowest BCUT2D eigenvalue weighted by Gasteiger charge is -2.35. The third-order valence-corrected chi connectivity index (χ3v) is 5.03. The molecule has 3 rings (SSSR count). The van der Waals surface area contributed by atoms with E-state index in [9.17, 15) is 9.59 Å². The van der Waals surface area contributed by atoms with E-state index in [1.54, 1.807) is 29.3 Å². The van der Waals surface area contributed by atoms with Crippen molar-refractivity contribution in [2.75, 3.05) is 37.7 Å². The molecule has 1 fully saturated rings. The number of piperazine rings is 1. The number of nitrogens with zero attached hydrogens (tertiary/aromatic N) is 3. The summed E-state index contributed by atoms with van der Waals surface area (Å²) in [6.45, 7) is 2.27. The van der Waals surface area contributed by atoms with Crippen molar-refractivity contribution >= 4 is 40.9 Å². The average molecular weight is 408 g/mol. The van der Waals surface area contributed by atoms with Gasteiger partial charge in [0.1, 0.15) is 5.82 Å². The third kappa shape index (κ3) is 5.34. The molecule has 1 aromatic carbocycles. The Morgan fingerprint density at radius 3 is 2.48 bits per heavy atom. The number of carbonyl (C=O) groups excluding carboxylic acids is 2. The second kappa shape index (κ2) is 9.06. The zero-order valence-corrected chi connectivity index (χ0v) is 16.1. The zero-order chi connectivity index (χ0) is 19.2. The van der Waals surface area contributed by atoms with Gasteiger partial charge in [-0.25, -0.2) is 4.98 Å². The highest BCUT2D eigenvalue weighted by atomic mass is 35.5. The zero-order valence-electron chi connectivity index (χ0n) is 14.6. The standard InChI is InChI=1S/C19H19Cl2N3O3/c20-15-5-4-14(11-16(15)21)12-19(26)27-13-18(25)24-9-7-23(8-10-24)17-3-1-2-6-22-17/h1-6,11H,7-10,12-13H2. The van der Waals surface area contributed by atoms with Gasteiger partial charge in [-0.3, -0.25) is 9.59 Å². The van der Waals surface area contributed by atoms with Crippen LogP contribution in [0, 0.1) is 0 Å². The monoisotopic (exact) mass is 407 g/mol. The summed E-state index contributed by atoms with van der Waals surface area (Å²) < 4.78 is 5.11. The quantitative estimate of drug-likeness (QED) is 0.713. The Balaban J connectivity index is 1.43. The van der Waals surface area contributed by atoms with Gasteiger partial charge < -0.3 is 14.5 Å². The molecule has 27 heavy (non-hydrogen) atoms. The summed E-state index contributed by atoms with van der Waals surface area (Å²) in [6, 6.07) is 10.7. The lowest BCUT2D eigenvalue weighted by molar-refractivity contribution is -0.151. The van der Waals surface area contributed by atoms with Crippen molar-refractivity contribution < 1.29 is 14.3 Å². The van der Waals surface area contributed by atoms with E-state index in [2.05, 4.69) is 9.88 Å². The van der Waals surface area contributed by atoms with Gasteiger partial charge in [0, 0.05) is 32.4 Å². The number of carbonyl (C=O) groups is 2. The van der Waals surface area contributed by atoms with Gasteiger partial charge in [-0.15, -0.1) is 0 Å². The topological polar surface area (TPSA) is 62.7 Å². The van der Waals surface area contributed by atoms with Gasteiger partial charge in [0.15, 0.2) is 6.61 Å². The molecule has 0 aliphatic carbocycles. The number of hydrogen-bond acceptors (Lipinski definition) is 5. The largest absolute Gasteiger partial charge is 0.455 e. The number of halogens is 2. The molecule has 1 aliphatic heterocycles. The number of benzene rings is 1. The first-order valence-corrected chi connectivity index (χ1v) is 9.32. The van der Waals surface area contributed by atoms with Crippen LogP contribution < -0.4 is 4.90 Å². The Morgan fingerprint density at radius 1 is 1.04 bits per heavy atom. The molecule has 8 heteroatoms. The summed E-state index contributed by atoms with van der Waals surface area (Å²) >= 11 is 11.8. The second-order valence-corrected chi connectivity index (χ2v) is 6.96. The Kier molecular flexibility index (Phi) is 6.53. The van der Waals surface area contributed by atoms with Gasteiger partial charge in [0.05, 0.1) is 16.5 Å². The second-order valence-electron chi connectivity index (χ2n) is 6.14. The molecule has 1 aliphatic rings. The molecule has 0 saturated carbocycles. The fourth-order valence-corrected chi connectivity index (χ4v) is 3.15. The van der Waals surface area contributed by atoms with E-state index >= 15 is 0 Å². The van der Waals surface area contributed by atoms with Gasteiger partial charge in [-0.2, -0.15) is 0 Å². The molecule has 0 spiro atoms. The first-order chi connectivity index (χ1) is 13.0. The van der Waals surface area contributed by atoms with Crippen LogP contribution in [0.4, 0.5) is 5.82 Å². The van der Waals surface area contributed by atoms with E-state index in [0.29, 0.717) is 41.8 Å². The number of esters is 1. The van der Waals surface area contributed by atoms with Gasteiger partial charge in [0.25, 0.3) is 5.91 Å². The van der Waals surface area contributed by atoms with Crippen LogP contribution in [0.3, 0.4) is 0 Å². The van der Waals surface area contributed by atoms with E-state index in [1.807, 2.05) is 18.2 Å². The van der Waals surface area contributed by atoms with Crippen molar-refractivity contribution in [3.8, 4) is 0 Å². The molecular formula is C19H19Cl2N3O3. The molecule has 0 bridgehead atoms. The molecule has 0 unspecified atom stereocenters. The van der Waals surface area contributed by atoms with Crippen LogP contribution in [0.2, 0.25) is 10.0 Å². The van der Waals surface area contributed by atoms with Crippen LogP contribution in [-0.2, 0) is 20.7 Å². The Hall–Kier alpha value is -2.31. The van der Waals surface area contributed by atoms with Crippen molar-refractivity contribution in [2.45, 2.75) is 6.42 Å². The number of anilines is 1. The normalized spacial score (nSPS) is 14.1. The van der Waals surface area contributed by atoms with Crippen LogP contribution in [0.15, 0.2) is 42.6 Å². The highest BCUT2D eigenvalue weighted by molar-refractivity contribution is 6.42. The van der Waals surface area contributed by atoms with Crippen LogP contribution in [0.5, 0.6) is 0 Å². The number of hydrogen-bond donors (Lipinski definition) is 0. The first kappa shape index (κ1) is 19.5. The van der Waals surface area contributed by atoms with Gasteiger partial charge in [-0.05, 0) is 29.8 Å². The Morgan fingerprint density at radius 2 is 1.81 bits per heavy atom. The number of aromatic nitrogens is 1. The minimum Gasteiger partial charge on any atom is -0.455 e. The maximum atomic E-state index is 12.3. The number of ether oxygens (including phenoxy) is 1. The van der Waals surface area contributed by atoms with Gasteiger partial charge >= 0.3 is 5.97 Å². The van der Waals surface area contributed by atoms with E-state index in [1.165, 1.54) is 0 Å². The van der Waals surface area contributed by atoms with E-state index in [0.717, 1.165) is 5.82 Å². The number of pyridine rings is 1. The molecule has 6 nitrogen and oxygen atoms in total. The van der Waals surface area contributed by atoms with Crippen molar-refractivity contribution in [1.82, 2.24) is 9.88 Å². The molecule has 1 aromatic heterocycles. The predicted octanol–water partition coefficient (Wildman–Crippen LogP) is 2.82. The third-order valence-electron chi connectivity index (χ3n) is 4.29. The minimum atomic E-state index is -0.478. The first-order valence-electron chi connectivity index (χ1n) is 8.56. The molecule has 0 N–H and O–H groups in total. The minimum absolute atomic E-state index is 0.0393. The molecule has 0 radical (unpaired) electrons. The number of amides is 1. The Labute approximate surface area is 167 Å². The fraction of sp³-hybridized carbons (Fsp3) is 0.316. The molecule has 142 valence electrons. The lowest BCUT2D eigenvalue weighted by atomic mass is 10.1. The fourth-order valence-electron chi connectivity index (χ4n) is 2.83. The summed E-state index contributed by atoms with van der Waals surface area (Å²) in [6.07, 6.45) is 1.79. The summed E-state index contributed by atoms with van der Waals surface area (Å²) in [7, 11) is 0. The summed E-state index contributed by atoms with van der Waals surface area (Å²) in [5.74, 6) is 0.227. The van der Waals surface area contributed by atoms with E-state index < -0.39 is 5.97 Å². The smallest absolute Gasteiger partial charge is 0.310 e. The summed E-state index contributed by atoms with van der Waals surface area (Å²) in [5.41, 5.74) is 0.686.